The highest BCUT2D eigenvalue weighted by Gasteiger charge is 2.33. The molecule has 0 atom stereocenters. The number of amides is 2. The molecule has 0 unspecified atom stereocenters. The van der Waals surface area contributed by atoms with E-state index in [1.807, 2.05) is 40.1 Å². The highest BCUT2D eigenvalue weighted by Crippen LogP contribution is 2.34. The number of likely N-dealkylation sites (tertiary alicyclic amines) is 2. The summed E-state index contributed by atoms with van der Waals surface area (Å²) < 4.78 is 0. The monoisotopic (exact) mass is 380 g/mol. The van der Waals surface area contributed by atoms with Crippen molar-refractivity contribution in [2.75, 3.05) is 26.2 Å². The van der Waals surface area contributed by atoms with Gasteiger partial charge in [0, 0.05) is 44.1 Å². The fraction of sp³-hybridized carbons (Fsp3) is 0.522. The minimum absolute atomic E-state index is 0.0192. The predicted octanol–water partition coefficient (Wildman–Crippen LogP) is 3.05. The standard InChI is InChI=1S/C23H28N2O3/c26-21-9-8-19(17-6-2-1-3-7-17)20(21)16-22(27)24-14-10-18(11-15-24)23(28)25-12-4-5-13-25/h1-3,6-7,18H,4-5,8-16H2. The number of carbonyl (C=O) groups is 3. The van der Waals surface area contributed by atoms with E-state index in [9.17, 15) is 14.4 Å². The molecule has 0 saturated carbocycles. The van der Waals surface area contributed by atoms with Crippen molar-refractivity contribution in [2.24, 2.45) is 5.92 Å². The van der Waals surface area contributed by atoms with E-state index in [1.54, 1.807) is 0 Å². The van der Waals surface area contributed by atoms with E-state index in [2.05, 4.69) is 0 Å². The maximum atomic E-state index is 12.9. The van der Waals surface area contributed by atoms with Gasteiger partial charge in [-0.25, -0.2) is 0 Å². The number of benzene rings is 1. The molecule has 1 aliphatic carbocycles. The van der Waals surface area contributed by atoms with Gasteiger partial charge in [-0.1, -0.05) is 30.3 Å². The minimum Gasteiger partial charge on any atom is -0.342 e. The van der Waals surface area contributed by atoms with Crippen LogP contribution >= 0.6 is 0 Å². The number of Topliss-reactive ketones (excluding diaryl/α,β-unsaturated/α-hetero) is 1. The van der Waals surface area contributed by atoms with Crippen LogP contribution in [0.25, 0.3) is 5.57 Å². The Kier molecular flexibility index (Phi) is 5.60. The summed E-state index contributed by atoms with van der Waals surface area (Å²) in [6.07, 6.45) is 5.09. The fourth-order valence-corrected chi connectivity index (χ4v) is 4.71. The lowest BCUT2D eigenvalue weighted by Crippen LogP contribution is -2.43. The van der Waals surface area contributed by atoms with Gasteiger partial charge in [0.1, 0.15) is 0 Å². The van der Waals surface area contributed by atoms with Crippen molar-refractivity contribution in [3.05, 3.63) is 41.5 Å². The van der Waals surface area contributed by atoms with E-state index in [0.29, 0.717) is 25.1 Å². The average molecular weight is 380 g/mol. The fourth-order valence-electron chi connectivity index (χ4n) is 4.71. The van der Waals surface area contributed by atoms with Gasteiger partial charge in [0.2, 0.25) is 11.8 Å². The zero-order valence-electron chi connectivity index (χ0n) is 16.4. The molecule has 1 aromatic rings. The number of nitrogens with zero attached hydrogens (tertiary/aromatic N) is 2. The molecule has 1 aromatic carbocycles. The summed E-state index contributed by atoms with van der Waals surface area (Å²) in [5, 5.41) is 0. The lowest BCUT2D eigenvalue weighted by molar-refractivity contribution is -0.139. The Bertz CT molecular complexity index is 785. The summed E-state index contributed by atoms with van der Waals surface area (Å²) in [6, 6.07) is 9.90. The van der Waals surface area contributed by atoms with E-state index in [-0.39, 0.29) is 29.9 Å². The molecule has 4 rings (SSSR count). The maximum absolute atomic E-state index is 12.9. The molecule has 2 aliphatic heterocycles. The highest BCUT2D eigenvalue weighted by atomic mass is 16.2. The molecular formula is C23H28N2O3. The molecule has 0 bridgehead atoms. The number of rotatable bonds is 4. The van der Waals surface area contributed by atoms with E-state index in [1.165, 1.54) is 0 Å². The second kappa shape index (κ2) is 8.29. The van der Waals surface area contributed by atoms with E-state index >= 15 is 0 Å². The normalized spacial score (nSPS) is 20.9. The van der Waals surface area contributed by atoms with Crippen LogP contribution in [-0.4, -0.2) is 53.6 Å². The van der Waals surface area contributed by atoms with Crippen LogP contribution in [0.1, 0.15) is 50.5 Å². The van der Waals surface area contributed by atoms with Crippen molar-refractivity contribution < 1.29 is 14.4 Å². The van der Waals surface area contributed by atoms with E-state index in [0.717, 1.165) is 56.3 Å². The molecule has 5 nitrogen and oxygen atoms in total. The summed E-state index contributed by atoms with van der Waals surface area (Å²) in [4.78, 5) is 41.6. The van der Waals surface area contributed by atoms with Gasteiger partial charge in [-0.2, -0.15) is 0 Å². The molecule has 5 heteroatoms. The molecule has 28 heavy (non-hydrogen) atoms. The molecule has 148 valence electrons. The van der Waals surface area contributed by atoms with Gasteiger partial charge in [0.25, 0.3) is 0 Å². The second-order valence-corrected chi connectivity index (χ2v) is 8.11. The van der Waals surface area contributed by atoms with Crippen LogP contribution < -0.4 is 0 Å². The van der Waals surface area contributed by atoms with Gasteiger partial charge in [-0.05, 0) is 43.2 Å². The first-order chi connectivity index (χ1) is 13.6. The Hall–Kier alpha value is -2.43. The van der Waals surface area contributed by atoms with Crippen LogP contribution in [0.5, 0.6) is 0 Å². The molecule has 0 spiro atoms. The molecule has 2 heterocycles. The number of hydrogen-bond donors (Lipinski definition) is 0. The molecular weight excluding hydrogens is 352 g/mol. The molecule has 3 aliphatic rings. The molecule has 0 N–H and O–H groups in total. The number of allylic oxidation sites excluding steroid dienone is 1. The minimum atomic E-state index is 0.0192. The molecule has 2 saturated heterocycles. The zero-order valence-corrected chi connectivity index (χ0v) is 16.4. The Morgan fingerprint density at radius 2 is 1.57 bits per heavy atom. The van der Waals surface area contributed by atoms with Gasteiger partial charge in [-0.15, -0.1) is 0 Å². The van der Waals surface area contributed by atoms with Crippen LogP contribution in [0.3, 0.4) is 0 Å². The van der Waals surface area contributed by atoms with Crippen LogP contribution in [-0.2, 0) is 14.4 Å². The van der Waals surface area contributed by atoms with Crippen molar-refractivity contribution in [3.63, 3.8) is 0 Å². The summed E-state index contributed by atoms with van der Waals surface area (Å²) in [6.45, 7) is 3.00. The molecule has 2 amide bonds. The number of carbonyl (C=O) groups excluding carboxylic acids is 3. The first-order valence-electron chi connectivity index (χ1n) is 10.5. The molecule has 2 fully saturated rings. The third-order valence-electron chi connectivity index (χ3n) is 6.37. The summed E-state index contributed by atoms with van der Waals surface area (Å²) in [7, 11) is 0. The van der Waals surface area contributed by atoms with Gasteiger partial charge in [0.15, 0.2) is 5.78 Å². The van der Waals surface area contributed by atoms with Gasteiger partial charge in [0.05, 0.1) is 6.42 Å². The summed E-state index contributed by atoms with van der Waals surface area (Å²) in [5.41, 5.74) is 2.76. The predicted molar refractivity (Wildman–Crippen MR) is 107 cm³/mol. The molecule has 0 radical (unpaired) electrons. The van der Waals surface area contributed by atoms with Gasteiger partial charge in [-0.3, -0.25) is 14.4 Å². The third-order valence-corrected chi connectivity index (χ3v) is 6.37. The van der Waals surface area contributed by atoms with Crippen LogP contribution in [0.2, 0.25) is 0 Å². The van der Waals surface area contributed by atoms with Crippen LogP contribution in [0.4, 0.5) is 0 Å². The van der Waals surface area contributed by atoms with Crippen molar-refractivity contribution in [3.8, 4) is 0 Å². The van der Waals surface area contributed by atoms with Crippen molar-refractivity contribution in [1.29, 1.82) is 0 Å². The van der Waals surface area contributed by atoms with Gasteiger partial charge >= 0.3 is 0 Å². The van der Waals surface area contributed by atoms with Crippen molar-refractivity contribution >= 4 is 23.2 Å². The second-order valence-electron chi connectivity index (χ2n) is 8.11. The van der Waals surface area contributed by atoms with Gasteiger partial charge < -0.3 is 9.80 Å². The van der Waals surface area contributed by atoms with Crippen LogP contribution in [0.15, 0.2) is 35.9 Å². The lowest BCUT2D eigenvalue weighted by atomic mass is 9.94. The highest BCUT2D eigenvalue weighted by molar-refractivity contribution is 6.10. The first kappa shape index (κ1) is 18.9. The lowest BCUT2D eigenvalue weighted by Gasteiger charge is -2.33. The van der Waals surface area contributed by atoms with Crippen LogP contribution in [0, 0.1) is 5.92 Å². The SMILES string of the molecule is O=C1CCC(c2ccccc2)=C1CC(=O)N1CCC(C(=O)N2CCCC2)CC1. The maximum Gasteiger partial charge on any atom is 0.227 e. The first-order valence-corrected chi connectivity index (χ1v) is 10.5. The van der Waals surface area contributed by atoms with Crippen molar-refractivity contribution in [1.82, 2.24) is 9.80 Å². The summed E-state index contributed by atoms with van der Waals surface area (Å²) in [5.74, 6) is 0.441. The van der Waals surface area contributed by atoms with E-state index < -0.39 is 0 Å². The zero-order chi connectivity index (χ0) is 19.5. The average Bonchev–Trinajstić information content (AvgIpc) is 3.39. The molecule has 0 aromatic heterocycles. The third kappa shape index (κ3) is 3.89. The number of piperidine rings is 1. The summed E-state index contributed by atoms with van der Waals surface area (Å²) >= 11 is 0. The topological polar surface area (TPSA) is 57.7 Å². The Morgan fingerprint density at radius 1 is 0.893 bits per heavy atom. The Morgan fingerprint density at radius 3 is 2.25 bits per heavy atom. The Labute approximate surface area is 166 Å². The number of hydrogen-bond acceptors (Lipinski definition) is 3. The quantitative estimate of drug-likeness (QED) is 0.807. The van der Waals surface area contributed by atoms with Crippen molar-refractivity contribution in [2.45, 2.75) is 44.9 Å². The smallest absolute Gasteiger partial charge is 0.227 e. The largest absolute Gasteiger partial charge is 0.342 e. The number of ketones is 1. The van der Waals surface area contributed by atoms with E-state index in [4.69, 9.17) is 0 Å². The Balaban J connectivity index is 1.37.